The zero-order chi connectivity index (χ0) is 15.0. The highest BCUT2D eigenvalue weighted by molar-refractivity contribution is 7.91. The molecule has 1 aliphatic heterocycles. The van der Waals surface area contributed by atoms with E-state index in [1.165, 1.54) is 11.3 Å². The van der Waals surface area contributed by atoms with Crippen molar-refractivity contribution in [2.45, 2.75) is 6.42 Å². The van der Waals surface area contributed by atoms with Gasteiger partial charge in [0.15, 0.2) is 15.0 Å². The van der Waals surface area contributed by atoms with Crippen LogP contribution in [-0.2, 0) is 14.6 Å². The smallest absolute Gasteiger partial charge is 0.230 e. The maximum absolute atomic E-state index is 12.1. The Morgan fingerprint density at radius 1 is 1.48 bits per heavy atom. The number of hydrogen-bond acceptors (Lipinski definition) is 6. The average Bonchev–Trinajstić information content (AvgIpc) is 3.00. The second-order valence-corrected chi connectivity index (χ2v) is 8.20. The summed E-state index contributed by atoms with van der Waals surface area (Å²) < 4.78 is 28.9. The van der Waals surface area contributed by atoms with Crippen LogP contribution in [0.5, 0.6) is 5.75 Å². The fraction of sp³-hybridized carbons (Fsp3) is 0.385. The molecule has 1 amide bonds. The highest BCUT2D eigenvalue weighted by Gasteiger charge is 2.33. The Kier molecular flexibility index (Phi) is 3.58. The van der Waals surface area contributed by atoms with Crippen LogP contribution in [-0.4, -0.2) is 37.9 Å². The van der Waals surface area contributed by atoms with Gasteiger partial charge in [-0.05, 0) is 24.6 Å². The molecule has 21 heavy (non-hydrogen) atoms. The van der Waals surface area contributed by atoms with E-state index in [0.29, 0.717) is 11.6 Å². The van der Waals surface area contributed by atoms with E-state index in [0.717, 1.165) is 16.0 Å². The van der Waals surface area contributed by atoms with E-state index in [2.05, 4.69) is 10.3 Å². The molecule has 2 aromatic rings. The molecule has 1 aromatic carbocycles. The lowest BCUT2D eigenvalue weighted by atomic mass is 10.1. The minimum Gasteiger partial charge on any atom is -0.497 e. The topological polar surface area (TPSA) is 85.4 Å². The van der Waals surface area contributed by atoms with Gasteiger partial charge in [-0.3, -0.25) is 4.79 Å². The zero-order valence-electron chi connectivity index (χ0n) is 11.3. The Labute approximate surface area is 126 Å². The number of amides is 1. The van der Waals surface area contributed by atoms with Crippen LogP contribution >= 0.6 is 11.3 Å². The molecule has 1 fully saturated rings. The molecule has 1 aromatic heterocycles. The van der Waals surface area contributed by atoms with Gasteiger partial charge in [0.05, 0.1) is 34.8 Å². The van der Waals surface area contributed by atoms with Crippen LogP contribution in [0.4, 0.5) is 5.13 Å². The molecule has 3 rings (SSSR count). The van der Waals surface area contributed by atoms with Crippen LogP contribution in [0.25, 0.3) is 10.2 Å². The summed E-state index contributed by atoms with van der Waals surface area (Å²) in [5.41, 5.74) is 0.773. The van der Waals surface area contributed by atoms with Crippen LogP contribution in [0, 0.1) is 5.92 Å². The number of nitrogens with one attached hydrogen (secondary N) is 1. The average molecular weight is 326 g/mol. The number of sulfone groups is 1. The van der Waals surface area contributed by atoms with Crippen LogP contribution in [0.1, 0.15) is 6.42 Å². The lowest BCUT2D eigenvalue weighted by molar-refractivity contribution is -0.119. The van der Waals surface area contributed by atoms with Crippen molar-refractivity contribution >= 4 is 42.4 Å². The molecule has 1 saturated heterocycles. The highest BCUT2D eigenvalue weighted by atomic mass is 32.2. The summed E-state index contributed by atoms with van der Waals surface area (Å²) >= 11 is 1.34. The third kappa shape index (κ3) is 3.01. The van der Waals surface area contributed by atoms with Crippen molar-refractivity contribution in [2.24, 2.45) is 5.92 Å². The predicted octanol–water partition coefficient (Wildman–Crippen LogP) is 1.68. The molecule has 1 atom stereocenters. The largest absolute Gasteiger partial charge is 0.497 e. The molecule has 6 nitrogen and oxygen atoms in total. The normalized spacial score (nSPS) is 20.5. The van der Waals surface area contributed by atoms with E-state index in [-0.39, 0.29) is 17.4 Å². The van der Waals surface area contributed by atoms with Crippen molar-refractivity contribution in [3.8, 4) is 5.75 Å². The van der Waals surface area contributed by atoms with Crippen molar-refractivity contribution < 1.29 is 17.9 Å². The molecule has 112 valence electrons. The number of fused-ring (bicyclic) bond motifs is 1. The fourth-order valence-electron chi connectivity index (χ4n) is 2.29. The number of thiazole rings is 1. The number of methoxy groups -OCH3 is 1. The lowest BCUT2D eigenvalue weighted by Crippen LogP contribution is -2.23. The van der Waals surface area contributed by atoms with E-state index in [4.69, 9.17) is 4.74 Å². The SMILES string of the molecule is COc1ccc2nc(NC(=O)[C@H]3CCS(=O)(=O)C3)sc2c1. The summed E-state index contributed by atoms with van der Waals surface area (Å²) in [5, 5.41) is 3.19. The number of nitrogens with zero attached hydrogens (tertiary/aromatic N) is 1. The van der Waals surface area contributed by atoms with E-state index in [9.17, 15) is 13.2 Å². The Morgan fingerprint density at radius 2 is 2.29 bits per heavy atom. The van der Waals surface area contributed by atoms with Crippen molar-refractivity contribution in [2.75, 3.05) is 23.9 Å². The Balaban J connectivity index is 1.77. The molecule has 0 radical (unpaired) electrons. The van der Waals surface area contributed by atoms with Crippen LogP contribution in [0.2, 0.25) is 0 Å². The third-order valence-corrected chi connectivity index (χ3v) is 6.13. The van der Waals surface area contributed by atoms with Gasteiger partial charge in [0.25, 0.3) is 0 Å². The van der Waals surface area contributed by atoms with E-state index >= 15 is 0 Å². The molecule has 0 saturated carbocycles. The van der Waals surface area contributed by atoms with Gasteiger partial charge in [0.1, 0.15) is 5.75 Å². The van der Waals surface area contributed by atoms with Gasteiger partial charge in [-0.2, -0.15) is 0 Å². The summed E-state index contributed by atoms with van der Waals surface area (Å²) in [6.07, 6.45) is 0.382. The summed E-state index contributed by atoms with van der Waals surface area (Å²) in [6.45, 7) is 0. The highest BCUT2D eigenvalue weighted by Crippen LogP contribution is 2.30. The van der Waals surface area contributed by atoms with Gasteiger partial charge in [0, 0.05) is 0 Å². The maximum Gasteiger partial charge on any atom is 0.230 e. The standard InChI is InChI=1S/C13H14N2O4S2/c1-19-9-2-3-10-11(6-9)20-13(14-10)15-12(16)8-4-5-21(17,18)7-8/h2-3,6,8H,4-5,7H2,1H3,(H,14,15,16)/t8-/m0/s1. The second kappa shape index (κ2) is 5.27. The van der Waals surface area contributed by atoms with Crippen LogP contribution in [0.15, 0.2) is 18.2 Å². The molecular weight excluding hydrogens is 312 g/mol. The number of anilines is 1. The number of rotatable bonds is 3. The van der Waals surface area contributed by atoms with Crippen molar-refractivity contribution in [1.82, 2.24) is 4.98 Å². The fourth-order valence-corrected chi connectivity index (χ4v) is 4.93. The first kappa shape index (κ1) is 14.3. The van der Waals surface area contributed by atoms with Crippen molar-refractivity contribution in [3.05, 3.63) is 18.2 Å². The van der Waals surface area contributed by atoms with Crippen LogP contribution in [0.3, 0.4) is 0 Å². The van der Waals surface area contributed by atoms with Gasteiger partial charge >= 0.3 is 0 Å². The quantitative estimate of drug-likeness (QED) is 0.927. The molecule has 0 spiro atoms. The van der Waals surface area contributed by atoms with Crippen molar-refractivity contribution in [1.29, 1.82) is 0 Å². The van der Waals surface area contributed by atoms with Gasteiger partial charge in [0.2, 0.25) is 5.91 Å². The minimum atomic E-state index is -3.06. The second-order valence-electron chi connectivity index (χ2n) is 4.94. The zero-order valence-corrected chi connectivity index (χ0v) is 13.0. The molecule has 0 bridgehead atoms. The van der Waals surface area contributed by atoms with Gasteiger partial charge in [-0.15, -0.1) is 0 Å². The van der Waals surface area contributed by atoms with Crippen LogP contribution < -0.4 is 10.1 Å². The monoisotopic (exact) mass is 326 g/mol. The Morgan fingerprint density at radius 3 is 2.95 bits per heavy atom. The number of carbonyl (C=O) groups excluding carboxylic acids is 1. The molecule has 2 heterocycles. The van der Waals surface area contributed by atoms with E-state index in [1.807, 2.05) is 12.1 Å². The van der Waals surface area contributed by atoms with Crippen molar-refractivity contribution in [3.63, 3.8) is 0 Å². The summed E-state index contributed by atoms with van der Waals surface area (Å²) in [4.78, 5) is 16.4. The molecule has 8 heteroatoms. The molecule has 0 unspecified atom stereocenters. The van der Waals surface area contributed by atoms with Gasteiger partial charge in [-0.1, -0.05) is 11.3 Å². The summed E-state index contributed by atoms with van der Waals surface area (Å²) in [6, 6.07) is 5.47. The number of benzene rings is 1. The molecular formula is C13H14N2O4S2. The number of aromatic nitrogens is 1. The first-order valence-corrected chi connectivity index (χ1v) is 9.06. The summed E-state index contributed by atoms with van der Waals surface area (Å²) in [7, 11) is -1.47. The maximum atomic E-state index is 12.1. The number of ether oxygens (including phenoxy) is 1. The molecule has 0 aliphatic carbocycles. The van der Waals surface area contributed by atoms with E-state index < -0.39 is 15.8 Å². The predicted molar refractivity (Wildman–Crippen MR) is 81.6 cm³/mol. The third-order valence-electron chi connectivity index (χ3n) is 3.43. The number of hydrogen-bond donors (Lipinski definition) is 1. The van der Waals surface area contributed by atoms with E-state index in [1.54, 1.807) is 13.2 Å². The number of carbonyl (C=O) groups is 1. The summed E-state index contributed by atoms with van der Waals surface area (Å²) in [5.74, 6) is -0.00999. The Bertz CT molecular complexity index is 798. The minimum absolute atomic E-state index is 0.0719. The molecule has 1 aliphatic rings. The molecule has 1 N–H and O–H groups in total. The first-order valence-electron chi connectivity index (χ1n) is 6.43. The lowest BCUT2D eigenvalue weighted by Gasteiger charge is -2.05. The van der Waals surface area contributed by atoms with Gasteiger partial charge in [-0.25, -0.2) is 13.4 Å². The Hall–Kier alpha value is -1.67. The van der Waals surface area contributed by atoms with Gasteiger partial charge < -0.3 is 10.1 Å². The first-order chi connectivity index (χ1) is 9.97.